The zero-order valence-corrected chi connectivity index (χ0v) is 9.93. The summed E-state index contributed by atoms with van der Waals surface area (Å²) in [7, 11) is 0. The lowest BCUT2D eigenvalue weighted by atomic mass is 9.96. The Morgan fingerprint density at radius 1 is 1.31 bits per heavy atom. The molecule has 2 N–H and O–H groups in total. The van der Waals surface area contributed by atoms with Crippen LogP contribution in [0.3, 0.4) is 0 Å². The molecule has 2 fully saturated rings. The first kappa shape index (κ1) is 10.1. The topological polar surface area (TPSA) is 42.1 Å². The van der Waals surface area contributed by atoms with Crippen molar-refractivity contribution in [3.63, 3.8) is 0 Å². The summed E-state index contributed by atoms with van der Waals surface area (Å²) in [6.45, 7) is 6.57. The number of nitrogens with zero attached hydrogens (tertiary/aromatic N) is 2. The van der Waals surface area contributed by atoms with Gasteiger partial charge in [-0.3, -0.25) is 0 Å². The highest BCUT2D eigenvalue weighted by Gasteiger charge is 2.60. The van der Waals surface area contributed by atoms with Gasteiger partial charge in [-0.05, 0) is 43.7 Å². The van der Waals surface area contributed by atoms with E-state index in [4.69, 9.17) is 5.73 Å². The van der Waals surface area contributed by atoms with E-state index >= 15 is 0 Å². The summed E-state index contributed by atoms with van der Waals surface area (Å²) in [6, 6.07) is 6.11. The molecule has 0 spiro atoms. The van der Waals surface area contributed by atoms with Gasteiger partial charge in [0.25, 0.3) is 0 Å². The second-order valence-electron chi connectivity index (χ2n) is 5.77. The number of rotatable bonds is 2. The molecular formula is C13H19N3. The Labute approximate surface area is 96.7 Å². The Morgan fingerprint density at radius 2 is 2.00 bits per heavy atom. The van der Waals surface area contributed by atoms with E-state index in [9.17, 15) is 0 Å². The molecule has 0 bridgehead atoms. The van der Waals surface area contributed by atoms with E-state index in [2.05, 4.69) is 35.9 Å². The van der Waals surface area contributed by atoms with Gasteiger partial charge in [-0.25, -0.2) is 4.98 Å². The third-order valence-electron chi connectivity index (χ3n) is 4.03. The van der Waals surface area contributed by atoms with Gasteiger partial charge in [0, 0.05) is 24.8 Å². The number of pyridine rings is 1. The molecule has 3 rings (SSSR count). The van der Waals surface area contributed by atoms with Crippen LogP contribution in [0.1, 0.15) is 13.8 Å². The fourth-order valence-electron chi connectivity index (χ4n) is 3.36. The van der Waals surface area contributed by atoms with Gasteiger partial charge in [-0.1, -0.05) is 6.07 Å². The van der Waals surface area contributed by atoms with Crippen LogP contribution < -0.4 is 10.6 Å². The van der Waals surface area contributed by atoms with Crippen LogP contribution in [0.25, 0.3) is 0 Å². The highest BCUT2D eigenvalue weighted by molar-refractivity contribution is 5.42. The van der Waals surface area contributed by atoms with Gasteiger partial charge in [0.05, 0.1) is 0 Å². The number of hydrogen-bond donors (Lipinski definition) is 1. The number of nitrogens with two attached hydrogens (primary N) is 1. The average Bonchev–Trinajstić information content (AvgIpc) is 2.78. The maximum atomic E-state index is 6.18. The molecule has 1 saturated carbocycles. The van der Waals surface area contributed by atoms with Gasteiger partial charge in [-0.15, -0.1) is 0 Å². The minimum absolute atomic E-state index is 0.00839. The Kier molecular flexibility index (Phi) is 2.02. The van der Waals surface area contributed by atoms with Crippen molar-refractivity contribution >= 4 is 5.82 Å². The third kappa shape index (κ3) is 1.50. The van der Waals surface area contributed by atoms with Gasteiger partial charge in [0.2, 0.25) is 0 Å². The largest absolute Gasteiger partial charge is 0.356 e. The molecule has 0 radical (unpaired) electrons. The molecule has 3 nitrogen and oxygen atoms in total. The zero-order chi connectivity index (χ0) is 11.3. The van der Waals surface area contributed by atoms with E-state index in [0.717, 1.165) is 30.7 Å². The van der Waals surface area contributed by atoms with Crippen molar-refractivity contribution in [2.24, 2.45) is 23.5 Å². The van der Waals surface area contributed by atoms with E-state index in [1.54, 1.807) is 0 Å². The van der Waals surface area contributed by atoms with E-state index in [-0.39, 0.29) is 5.54 Å². The Balaban J connectivity index is 1.68. The summed E-state index contributed by atoms with van der Waals surface area (Å²) in [5, 5.41) is 0. The lowest BCUT2D eigenvalue weighted by Crippen LogP contribution is -2.39. The first-order chi connectivity index (χ1) is 7.57. The summed E-state index contributed by atoms with van der Waals surface area (Å²) >= 11 is 0. The fraction of sp³-hybridized carbons (Fsp3) is 0.615. The van der Waals surface area contributed by atoms with Crippen LogP contribution in [0, 0.1) is 17.8 Å². The molecular weight excluding hydrogens is 198 g/mol. The summed E-state index contributed by atoms with van der Waals surface area (Å²) in [4.78, 5) is 6.78. The number of hydrogen-bond acceptors (Lipinski definition) is 3. The molecule has 1 aliphatic carbocycles. The van der Waals surface area contributed by atoms with Gasteiger partial charge in [0.1, 0.15) is 5.82 Å². The maximum absolute atomic E-state index is 6.18. The van der Waals surface area contributed by atoms with Crippen molar-refractivity contribution in [1.29, 1.82) is 0 Å². The monoisotopic (exact) mass is 217 g/mol. The molecule has 86 valence electrons. The molecule has 1 aromatic heterocycles. The molecule has 16 heavy (non-hydrogen) atoms. The van der Waals surface area contributed by atoms with Crippen molar-refractivity contribution in [2.75, 3.05) is 18.0 Å². The van der Waals surface area contributed by atoms with Crippen LogP contribution in [0.2, 0.25) is 0 Å². The molecule has 2 aliphatic rings. The first-order valence-electron chi connectivity index (χ1n) is 6.02. The van der Waals surface area contributed by atoms with Crippen molar-refractivity contribution in [3.8, 4) is 0 Å². The maximum Gasteiger partial charge on any atom is 0.128 e. The summed E-state index contributed by atoms with van der Waals surface area (Å²) in [5.41, 5.74) is 6.17. The van der Waals surface area contributed by atoms with Crippen LogP contribution in [0.4, 0.5) is 5.82 Å². The van der Waals surface area contributed by atoms with Crippen LogP contribution in [-0.4, -0.2) is 23.6 Å². The molecule has 1 aliphatic heterocycles. The fourth-order valence-corrected chi connectivity index (χ4v) is 3.36. The summed E-state index contributed by atoms with van der Waals surface area (Å²) in [5.74, 6) is 3.42. The number of piperidine rings is 1. The van der Waals surface area contributed by atoms with Crippen LogP contribution >= 0.6 is 0 Å². The molecule has 1 saturated heterocycles. The van der Waals surface area contributed by atoms with E-state index in [1.165, 1.54) is 0 Å². The summed E-state index contributed by atoms with van der Waals surface area (Å²) in [6.07, 6.45) is 1.86. The molecule has 2 heterocycles. The number of fused-ring (bicyclic) bond motifs is 1. The first-order valence-corrected chi connectivity index (χ1v) is 6.02. The van der Waals surface area contributed by atoms with Crippen LogP contribution in [0.5, 0.6) is 0 Å². The average molecular weight is 217 g/mol. The molecule has 2 atom stereocenters. The Morgan fingerprint density at radius 3 is 2.50 bits per heavy atom. The summed E-state index contributed by atoms with van der Waals surface area (Å²) < 4.78 is 0. The number of anilines is 1. The Bertz CT molecular complexity index is 370. The van der Waals surface area contributed by atoms with Crippen molar-refractivity contribution in [1.82, 2.24) is 4.98 Å². The standard InChI is InChI=1S/C13H19N3/c1-13(2,14)12-9-7-16(8-10(9)12)11-5-3-4-6-15-11/h3-6,9-10,12H,7-8,14H2,1-2H3. The highest BCUT2D eigenvalue weighted by Crippen LogP contribution is 2.56. The van der Waals surface area contributed by atoms with Gasteiger partial charge in [-0.2, -0.15) is 0 Å². The van der Waals surface area contributed by atoms with Gasteiger partial charge >= 0.3 is 0 Å². The lowest BCUT2D eigenvalue weighted by molar-refractivity contribution is 0.397. The molecule has 0 aromatic carbocycles. The minimum Gasteiger partial charge on any atom is -0.356 e. The second kappa shape index (κ2) is 3.20. The molecule has 1 aromatic rings. The Hall–Kier alpha value is -1.09. The second-order valence-corrected chi connectivity index (χ2v) is 5.77. The smallest absolute Gasteiger partial charge is 0.128 e. The van der Waals surface area contributed by atoms with Gasteiger partial charge < -0.3 is 10.6 Å². The van der Waals surface area contributed by atoms with Gasteiger partial charge in [0.15, 0.2) is 0 Å². The SMILES string of the molecule is CC(C)(N)C1C2CN(c3ccccn3)CC21. The minimum atomic E-state index is -0.00839. The predicted molar refractivity (Wildman–Crippen MR) is 65.2 cm³/mol. The van der Waals surface area contributed by atoms with Crippen molar-refractivity contribution < 1.29 is 0 Å². The highest BCUT2D eigenvalue weighted by atomic mass is 15.2. The van der Waals surface area contributed by atoms with E-state index in [0.29, 0.717) is 5.92 Å². The van der Waals surface area contributed by atoms with E-state index < -0.39 is 0 Å². The van der Waals surface area contributed by atoms with Crippen molar-refractivity contribution in [2.45, 2.75) is 19.4 Å². The third-order valence-corrected chi connectivity index (χ3v) is 4.03. The molecule has 3 heteroatoms. The van der Waals surface area contributed by atoms with E-state index in [1.807, 2.05) is 12.3 Å². The van der Waals surface area contributed by atoms with Crippen molar-refractivity contribution in [3.05, 3.63) is 24.4 Å². The normalized spacial score (nSPS) is 32.7. The zero-order valence-electron chi connectivity index (χ0n) is 9.93. The lowest BCUT2D eigenvalue weighted by Gasteiger charge is -2.26. The van der Waals surface area contributed by atoms with Crippen LogP contribution in [-0.2, 0) is 0 Å². The molecule has 2 unspecified atom stereocenters. The molecule has 0 amide bonds. The predicted octanol–water partition coefficient (Wildman–Crippen LogP) is 1.50. The quantitative estimate of drug-likeness (QED) is 0.816. The number of aromatic nitrogens is 1. The van der Waals surface area contributed by atoms with Crippen LogP contribution in [0.15, 0.2) is 24.4 Å².